The zero-order valence-electron chi connectivity index (χ0n) is 15.9. The van der Waals surface area contributed by atoms with E-state index in [9.17, 15) is 19.8 Å². The summed E-state index contributed by atoms with van der Waals surface area (Å²) in [5.74, 6) is -1.81. The minimum Gasteiger partial charge on any atom is -0.477 e. The zero-order chi connectivity index (χ0) is 19.3. The number of aliphatic hydroxyl groups excluding tert-OH is 1. The van der Waals surface area contributed by atoms with Crippen LogP contribution in [0.25, 0.3) is 0 Å². The van der Waals surface area contributed by atoms with E-state index in [4.69, 9.17) is 0 Å². The number of carbonyl (C=O) groups excluding carboxylic acids is 1. The molecule has 0 spiro atoms. The van der Waals surface area contributed by atoms with Gasteiger partial charge in [-0.15, -0.1) is 11.8 Å². The molecule has 150 valence electrons. The number of hydrogen-bond acceptors (Lipinski definition) is 6. The highest BCUT2D eigenvalue weighted by Gasteiger charge is 2.60. The first-order valence-corrected chi connectivity index (χ1v) is 10.9. The second-order valence-electron chi connectivity index (χ2n) is 8.37. The second kappa shape index (κ2) is 7.39. The third-order valence-corrected chi connectivity index (χ3v) is 8.05. The lowest BCUT2D eigenvalue weighted by Crippen LogP contribution is -2.63. The van der Waals surface area contributed by atoms with Crippen molar-refractivity contribution in [3.05, 3.63) is 10.6 Å². The van der Waals surface area contributed by atoms with Gasteiger partial charge in [0.1, 0.15) is 5.70 Å². The Labute approximate surface area is 163 Å². The van der Waals surface area contributed by atoms with Gasteiger partial charge < -0.3 is 25.7 Å². The number of nitrogens with one attached hydrogen (secondary N) is 2. The molecule has 3 heterocycles. The highest BCUT2D eigenvalue weighted by molar-refractivity contribution is 8.03. The van der Waals surface area contributed by atoms with E-state index >= 15 is 0 Å². The molecule has 4 atom stereocenters. The number of carboxylic acid groups (broad SMARTS) is 1. The highest BCUT2D eigenvalue weighted by Crippen LogP contribution is 2.53. The van der Waals surface area contributed by atoms with Gasteiger partial charge in [-0.1, -0.05) is 6.92 Å². The number of carbonyl (C=O) groups is 2. The summed E-state index contributed by atoms with van der Waals surface area (Å²) in [6.07, 6.45) is 3.66. The van der Waals surface area contributed by atoms with Crippen LogP contribution in [0.1, 0.15) is 39.5 Å². The molecular formula is C19H29N3O4S. The Bertz CT molecular complexity index is 655. The maximum Gasteiger partial charge on any atom is 0.353 e. The molecule has 3 aliphatic heterocycles. The Kier molecular flexibility index (Phi) is 5.26. The van der Waals surface area contributed by atoms with Crippen LogP contribution in [0.4, 0.5) is 0 Å². The fourth-order valence-electron chi connectivity index (χ4n) is 4.98. The molecule has 27 heavy (non-hydrogen) atoms. The number of thioether (sulfide) groups is 1. The Hall–Kier alpha value is -1.09. The van der Waals surface area contributed by atoms with E-state index in [1.54, 1.807) is 18.7 Å². The third kappa shape index (κ3) is 3.30. The van der Waals surface area contributed by atoms with Crippen LogP contribution in [0.2, 0.25) is 0 Å². The van der Waals surface area contributed by atoms with Gasteiger partial charge in [0.05, 0.1) is 18.1 Å². The average molecular weight is 396 g/mol. The quantitative estimate of drug-likeness (QED) is 0.492. The first-order valence-electron chi connectivity index (χ1n) is 10.0. The van der Waals surface area contributed by atoms with Crippen LogP contribution in [0.3, 0.4) is 0 Å². The summed E-state index contributed by atoms with van der Waals surface area (Å²) in [6.45, 7) is 5.75. The number of fused-ring (bicyclic) bond motifs is 1. The molecule has 1 aliphatic carbocycles. The van der Waals surface area contributed by atoms with E-state index in [2.05, 4.69) is 10.6 Å². The lowest BCUT2D eigenvalue weighted by Gasteiger charge is -2.46. The normalized spacial score (nSPS) is 37.7. The third-order valence-electron chi connectivity index (χ3n) is 6.51. The van der Waals surface area contributed by atoms with Crippen molar-refractivity contribution >= 4 is 23.6 Å². The molecule has 4 rings (SSSR count). The predicted octanol–water partition coefficient (Wildman–Crippen LogP) is 0.746. The summed E-state index contributed by atoms with van der Waals surface area (Å²) < 4.78 is 0. The molecular weight excluding hydrogens is 366 g/mol. The fraction of sp³-hybridized carbons (Fsp3) is 0.789. The van der Waals surface area contributed by atoms with E-state index in [-0.39, 0.29) is 23.6 Å². The van der Waals surface area contributed by atoms with Gasteiger partial charge >= 0.3 is 5.97 Å². The van der Waals surface area contributed by atoms with Crippen molar-refractivity contribution in [1.29, 1.82) is 0 Å². The van der Waals surface area contributed by atoms with Crippen LogP contribution in [-0.2, 0) is 9.59 Å². The van der Waals surface area contributed by atoms with Crippen LogP contribution < -0.4 is 10.6 Å². The summed E-state index contributed by atoms with van der Waals surface area (Å²) in [4.78, 5) is 26.4. The predicted molar refractivity (Wildman–Crippen MR) is 103 cm³/mol. The SMILES string of the molecule is C[C@@H](O)[C@H]1C(=O)N2C(C(=O)O)=C(SC3CC(NC4CCNCC4)C3)[C@H](C)[C@H]12. The van der Waals surface area contributed by atoms with E-state index < -0.39 is 18.0 Å². The van der Waals surface area contributed by atoms with Crippen molar-refractivity contribution in [2.24, 2.45) is 11.8 Å². The maximum absolute atomic E-state index is 12.4. The molecule has 0 bridgehead atoms. The van der Waals surface area contributed by atoms with Crippen molar-refractivity contribution in [1.82, 2.24) is 15.5 Å². The molecule has 2 saturated heterocycles. The molecule has 3 fully saturated rings. The van der Waals surface area contributed by atoms with Crippen molar-refractivity contribution in [3.63, 3.8) is 0 Å². The number of rotatable bonds is 6. The number of hydrogen-bond donors (Lipinski definition) is 4. The Morgan fingerprint density at radius 2 is 1.96 bits per heavy atom. The van der Waals surface area contributed by atoms with E-state index in [0.717, 1.165) is 30.8 Å². The van der Waals surface area contributed by atoms with Crippen LogP contribution in [0, 0.1) is 11.8 Å². The summed E-state index contributed by atoms with van der Waals surface area (Å²) in [6, 6.07) is 0.891. The van der Waals surface area contributed by atoms with Gasteiger partial charge in [-0.25, -0.2) is 4.79 Å². The molecule has 0 unspecified atom stereocenters. The largest absolute Gasteiger partial charge is 0.477 e. The van der Waals surface area contributed by atoms with Crippen molar-refractivity contribution in [2.75, 3.05) is 13.1 Å². The van der Waals surface area contributed by atoms with Crippen LogP contribution >= 0.6 is 11.8 Å². The molecule has 0 aromatic rings. The van der Waals surface area contributed by atoms with Gasteiger partial charge in [0.15, 0.2) is 0 Å². The van der Waals surface area contributed by atoms with Gasteiger partial charge in [0.2, 0.25) is 5.91 Å². The smallest absolute Gasteiger partial charge is 0.353 e. The van der Waals surface area contributed by atoms with E-state index in [1.165, 1.54) is 17.7 Å². The molecule has 4 N–H and O–H groups in total. The first-order chi connectivity index (χ1) is 12.9. The van der Waals surface area contributed by atoms with Crippen LogP contribution in [0.15, 0.2) is 10.6 Å². The number of piperidine rings is 1. The number of aliphatic hydroxyl groups is 1. The molecule has 0 radical (unpaired) electrons. The van der Waals surface area contributed by atoms with Crippen molar-refractivity contribution in [2.45, 2.75) is 69.0 Å². The van der Waals surface area contributed by atoms with E-state index in [0.29, 0.717) is 17.3 Å². The molecule has 8 heteroatoms. The topological polar surface area (TPSA) is 102 Å². The van der Waals surface area contributed by atoms with Crippen LogP contribution in [0.5, 0.6) is 0 Å². The van der Waals surface area contributed by atoms with Gasteiger partial charge in [-0.3, -0.25) is 4.79 Å². The summed E-state index contributed by atoms with van der Waals surface area (Å²) in [5.41, 5.74) is 0.147. The molecule has 0 aromatic heterocycles. The fourth-order valence-corrected chi connectivity index (χ4v) is 6.65. The minimum atomic E-state index is -1.03. The highest BCUT2D eigenvalue weighted by atomic mass is 32.2. The first kappa shape index (κ1) is 19.2. The van der Waals surface area contributed by atoms with E-state index in [1.807, 2.05) is 6.92 Å². The lowest BCUT2D eigenvalue weighted by atomic mass is 9.79. The Balaban J connectivity index is 1.38. The molecule has 1 amide bonds. The molecule has 0 aromatic carbocycles. The number of carboxylic acids is 1. The lowest BCUT2D eigenvalue weighted by molar-refractivity contribution is -0.163. The van der Waals surface area contributed by atoms with Gasteiger partial charge in [-0.2, -0.15) is 0 Å². The molecule has 4 aliphatic rings. The minimum absolute atomic E-state index is 0.0326. The summed E-state index contributed by atoms with van der Waals surface area (Å²) in [5, 5.41) is 27.1. The van der Waals surface area contributed by atoms with Gasteiger partial charge in [0.25, 0.3) is 0 Å². The summed E-state index contributed by atoms with van der Waals surface area (Å²) in [7, 11) is 0. The number of aliphatic carboxylic acids is 1. The Morgan fingerprint density at radius 1 is 1.30 bits per heavy atom. The zero-order valence-corrected chi connectivity index (χ0v) is 16.7. The van der Waals surface area contributed by atoms with Crippen LogP contribution in [-0.4, -0.2) is 69.6 Å². The standard InChI is InChI=1S/C19H29N3O4S/c1-9-15-14(10(2)23)18(24)22(15)16(19(25)26)17(9)27-13-7-12(8-13)21-11-3-5-20-6-4-11/h9-15,20-21,23H,3-8H2,1-2H3,(H,25,26)/t9-,10-,12?,13?,14-,15-/m1/s1. The Morgan fingerprint density at radius 3 is 2.56 bits per heavy atom. The van der Waals surface area contributed by atoms with Crippen molar-refractivity contribution in [3.8, 4) is 0 Å². The monoisotopic (exact) mass is 395 g/mol. The molecule has 1 saturated carbocycles. The summed E-state index contributed by atoms with van der Waals surface area (Å²) >= 11 is 1.64. The average Bonchev–Trinajstić information content (AvgIpc) is 2.83. The molecule has 7 nitrogen and oxygen atoms in total. The maximum atomic E-state index is 12.4. The van der Waals surface area contributed by atoms with Crippen molar-refractivity contribution < 1.29 is 19.8 Å². The number of nitrogens with zero attached hydrogens (tertiary/aromatic N) is 1. The van der Waals surface area contributed by atoms with Gasteiger partial charge in [-0.05, 0) is 45.7 Å². The second-order valence-corrected chi connectivity index (χ2v) is 9.71. The van der Waals surface area contributed by atoms with Gasteiger partial charge in [0, 0.05) is 28.2 Å². The number of β-lactam (4-membered cyclic amide) rings is 1. The number of amides is 1.